The minimum Gasteiger partial charge on any atom is -0.348 e. The summed E-state index contributed by atoms with van der Waals surface area (Å²) < 4.78 is 27.7. The highest BCUT2D eigenvalue weighted by atomic mass is 19.1. The minimum absolute atomic E-state index is 0.300. The number of carbonyl (C=O) groups excluding carboxylic acids is 3. The maximum atomic E-state index is 14.1. The number of nitrogens with zero attached hydrogens (tertiary/aromatic N) is 1. The highest BCUT2D eigenvalue weighted by molar-refractivity contribution is 6.09. The monoisotopic (exact) mass is 387 g/mol. The standard InChI is InChI=1S/C20H19F2N3O3/c1-12(13-6-4-3-5-7-13)23-17(26)11-25-18(27)20(2,24-19(25)28)15-10-14(21)8-9-16(15)22/h3-10,12H,11H2,1-2H3,(H,23,26)(H,24,28)/t12-,20-/m0/s1. The van der Waals surface area contributed by atoms with Gasteiger partial charge in [-0.2, -0.15) is 0 Å². The molecule has 3 rings (SSSR count). The van der Waals surface area contributed by atoms with Gasteiger partial charge in [0.25, 0.3) is 5.91 Å². The lowest BCUT2D eigenvalue weighted by atomic mass is 9.91. The molecule has 1 fully saturated rings. The largest absolute Gasteiger partial charge is 0.348 e. The maximum Gasteiger partial charge on any atom is 0.325 e. The summed E-state index contributed by atoms with van der Waals surface area (Å²) in [4.78, 5) is 38.0. The lowest BCUT2D eigenvalue weighted by Gasteiger charge is -2.23. The van der Waals surface area contributed by atoms with Crippen LogP contribution >= 0.6 is 0 Å². The molecule has 4 amide bonds. The first-order valence-corrected chi connectivity index (χ1v) is 8.66. The second-order valence-corrected chi connectivity index (χ2v) is 6.77. The van der Waals surface area contributed by atoms with Crippen LogP contribution in [0.5, 0.6) is 0 Å². The van der Waals surface area contributed by atoms with Crippen molar-refractivity contribution in [3.63, 3.8) is 0 Å². The highest BCUT2D eigenvalue weighted by Crippen LogP contribution is 2.31. The fourth-order valence-corrected chi connectivity index (χ4v) is 3.16. The average molecular weight is 387 g/mol. The minimum atomic E-state index is -1.80. The highest BCUT2D eigenvalue weighted by Gasteiger charge is 2.50. The van der Waals surface area contributed by atoms with Crippen molar-refractivity contribution in [2.75, 3.05) is 6.54 Å². The molecule has 0 aromatic heterocycles. The summed E-state index contributed by atoms with van der Waals surface area (Å²) in [6, 6.07) is 10.6. The van der Waals surface area contributed by atoms with Gasteiger partial charge in [0.15, 0.2) is 0 Å². The van der Waals surface area contributed by atoms with Gasteiger partial charge in [-0.25, -0.2) is 13.6 Å². The van der Waals surface area contributed by atoms with Crippen LogP contribution in [0.3, 0.4) is 0 Å². The van der Waals surface area contributed by atoms with Crippen LogP contribution < -0.4 is 10.6 Å². The number of imide groups is 1. The molecule has 2 atom stereocenters. The van der Waals surface area contributed by atoms with Crippen LogP contribution in [0.15, 0.2) is 48.5 Å². The van der Waals surface area contributed by atoms with Crippen molar-refractivity contribution in [1.29, 1.82) is 0 Å². The molecular formula is C20H19F2N3O3. The molecule has 0 spiro atoms. The number of benzene rings is 2. The molecule has 2 N–H and O–H groups in total. The summed E-state index contributed by atoms with van der Waals surface area (Å²) in [7, 11) is 0. The summed E-state index contributed by atoms with van der Waals surface area (Å²) in [6.45, 7) is 2.51. The maximum absolute atomic E-state index is 14.1. The molecule has 146 valence electrons. The molecule has 2 aromatic rings. The van der Waals surface area contributed by atoms with Gasteiger partial charge >= 0.3 is 6.03 Å². The molecule has 0 bridgehead atoms. The number of hydrogen-bond acceptors (Lipinski definition) is 3. The number of nitrogens with one attached hydrogen (secondary N) is 2. The molecule has 6 nitrogen and oxygen atoms in total. The Morgan fingerprint density at radius 2 is 1.86 bits per heavy atom. The lowest BCUT2D eigenvalue weighted by Crippen LogP contribution is -2.44. The number of rotatable bonds is 5. The van der Waals surface area contributed by atoms with Gasteiger partial charge in [0.2, 0.25) is 5.91 Å². The number of hydrogen-bond donors (Lipinski definition) is 2. The molecule has 0 saturated carbocycles. The summed E-state index contributed by atoms with van der Waals surface area (Å²) in [5, 5.41) is 5.06. The third-order valence-electron chi connectivity index (χ3n) is 4.72. The predicted molar refractivity (Wildman–Crippen MR) is 97.0 cm³/mol. The van der Waals surface area contributed by atoms with Crippen molar-refractivity contribution in [2.45, 2.75) is 25.4 Å². The number of halogens is 2. The second-order valence-electron chi connectivity index (χ2n) is 6.77. The first-order chi connectivity index (χ1) is 13.2. The van der Waals surface area contributed by atoms with E-state index in [2.05, 4.69) is 10.6 Å². The van der Waals surface area contributed by atoms with Crippen molar-refractivity contribution >= 4 is 17.8 Å². The SMILES string of the molecule is C[C@H](NC(=O)CN1C(=O)N[C@@](C)(c2cc(F)ccc2F)C1=O)c1ccccc1. The van der Waals surface area contributed by atoms with E-state index in [1.165, 1.54) is 6.92 Å². The Labute approximate surface area is 160 Å². The lowest BCUT2D eigenvalue weighted by molar-refractivity contribution is -0.135. The van der Waals surface area contributed by atoms with Crippen LogP contribution in [-0.2, 0) is 15.1 Å². The molecule has 0 radical (unpaired) electrons. The van der Waals surface area contributed by atoms with E-state index in [0.717, 1.165) is 23.8 Å². The summed E-state index contributed by atoms with van der Waals surface area (Å²) in [5.41, 5.74) is -1.24. The Morgan fingerprint density at radius 1 is 1.18 bits per heavy atom. The fourth-order valence-electron chi connectivity index (χ4n) is 3.16. The first kappa shape index (κ1) is 19.5. The van der Waals surface area contributed by atoms with Crippen molar-refractivity contribution < 1.29 is 23.2 Å². The van der Waals surface area contributed by atoms with E-state index in [1.807, 2.05) is 30.3 Å². The molecule has 28 heavy (non-hydrogen) atoms. The topological polar surface area (TPSA) is 78.5 Å². The van der Waals surface area contributed by atoms with Crippen LogP contribution in [0.4, 0.5) is 13.6 Å². The fraction of sp³-hybridized carbons (Fsp3) is 0.250. The van der Waals surface area contributed by atoms with Gasteiger partial charge in [0.1, 0.15) is 23.7 Å². The van der Waals surface area contributed by atoms with Gasteiger partial charge in [-0.15, -0.1) is 0 Å². The average Bonchev–Trinajstić information content (AvgIpc) is 2.88. The van der Waals surface area contributed by atoms with Crippen molar-refractivity contribution in [3.05, 3.63) is 71.3 Å². The van der Waals surface area contributed by atoms with Crippen molar-refractivity contribution in [3.8, 4) is 0 Å². The number of urea groups is 1. The molecule has 0 unspecified atom stereocenters. The van der Waals surface area contributed by atoms with E-state index in [9.17, 15) is 23.2 Å². The zero-order valence-electron chi connectivity index (χ0n) is 15.3. The quantitative estimate of drug-likeness (QED) is 0.774. The number of amides is 4. The first-order valence-electron chi connectivity index (χ1n) is 8.66. The van der Waals surface area contributed by atoms with Crippen LogP contribution in [0.25, 0.3) is 0 Å². The molecule has 0 aliphatic carbocycles. The molecule has 8 heteroatoms. The van der Waals surface area contributed by atoms with E-state index in [4.69, 9.17) is 0 Å². The zero-order valence-corrected chi connectivity index (χ0v) is 15.3. The third kappa shape index (κ3) is 3.58. The van der Waals surface area contributed by atoms with Crippen LogP contribution in [0, 0.1) is 11.6 Å². The van der Waals surface area contributed by atoms with Gasteiger partial charge in [0.05, 0.1) is 6.04 Å². The number of carbonyl (C=O) groups is 3. The van der Waals surface area contributed by atoms with Gasteiger partial charge in [-0.3, -0.25) is 14.5 Å². The van der Waals surface area contributed by atoms with E-state index in [-0.39, 0.29) is 11.6 Å². The Kier molecular flexibility index (Phi) is 5.13. The third-order valence-corrected chi connectivity index (χ3v) is 4.72. The summed E-state index contributed by atoms with van der Waals surface area (Å²) >= 11 is 0. The van der Waals surface area contributed by atoms with Crippen LogP contribution in [-0.4, -0.2) is 29.3 Å². The molecule has 1 heterocycles. The van der Waals surface area contributed by atoms with Crippen molar-refractivity contribution in [2.24, 2.45) is 0 Å². The second kappa shape index (κ2) is 7.38. The Morgan fingerprint density at radius 3 is 2.54 bits per heavy atom. The van der Waals surface area contributed by atoms with E-state index >= 15 is 0 Å². The van der Waals surface area contributed by atoms with E-state index < -0.39 is 41.6 Å². The van der Waals surface area contributed by atoms with Crippen LogP contribution in [0.2, 0.25) is 0 Å². The Bertz CT molecular complexity index is 936. The van der Waals surface area contributed by atoms with Crippen molar-refractivity contribution in [1.82, 2.24) is 15.5 Å². The van der Waals surface area contributed by atoms with E-state index in [1.54, 1.807) is 6.92 Å². The van der Waals surface area contributed by atoms with Crippen LogP contribution in [0.1, 0.15) is 31.0 Å². The molecular weight excluding hydrogens is 368 g/mol. The zero-order chi connectivity index (χ0) is 20.5. The van der Waals surface area contributed by atoms with E-state index in [0.29, 0.717) is 4.90 Å². The predicted octanol–water partition coefficient (Wildman–Crippen LogP) is 2.61. The summed E-state index contributed by atoms with van der Waals surface area (Å²) in [5.74, 6) is -2.96. The molecule has 1 aliphatic rings. The summed E-state index contributed by atoms with van der Waals surface area (Å²) in [6.07, 6.45) is 0. The van der Waals surface area contributed by atoms with Gasteiger partial charge in [-0.05, 0) is 37.6 Å². The molecule has 1 saturated heterocycles. The molecule has 1 aliphatic heterocycles. The molecule has 2 aromatic carbocycles. The Hall–Kier alpha value is -3.29. The van der Waals surface area contributed by atoms with Gasteiger partial charge in [0, 0.05) is 5.56 Å². The normalized spacial score (nSPS) is 20.1. The Balaban J connectivity index is 1.75. The van der Waals surface area contributed by atoms with Gasteiger partial charge < -0.3 is 10.6 Å². The van der Waals surface area contributed by atoms with Gasteiger partial charge in [-0.1, -0.05) is 30.3 Å². The smallest absolute Gasteiger partial charge is 0.325 e.